The van der Waals surface area contributed by atoms with Crippen LogP contribution in [0.25, 0.3) is 5.69 Å². The van der Waals surface area contributed by atoms with Crippen molar-refractivity contribution in [2.75, 3.05) is 12.4 Å². The lowest BCUT2D eigenvalue weighted by molar-refractivity contribution is -0.139. The van der Waals surface area contributed by atoms with E-state index < -0.39 is 23.9 Å². The number of tetrazole rings is 1. The van der Waals surface area contributed by atoms with Crippen molar-refractivity contribution in [3.05, 3.63) is 65.5 Å². The van der Waals surface area contributed by atoms with Crippen LogP contribution in [0.2, 0.25) is 0 Å². The average Bonchev–Trinajstić information content (AvgIpc) is 3.44. The fourth-order valence-corrected chi connectivity index (χ4v) is 3.89. The van der Waals surface area contributed by atoms with Crippen LogP contribution in [0, 0.1) is 5.82 Å². The van der Waals surface area contributed by atoms with Gasteiger partial charge in [-0.25, -0.2) is 14.0 Å². The van der Waals surface area contributed by atoms with Gasteiger partial charge in [-0.05, 0) is 47.7 Å². The molecule has 4 rings (SSSR count). The Hall–Kier alpha value is -3.67. The fourth-order valence-electron chi connectivity index (χ4n) is 3.03. The van der Waals surface area contributed by atoms with Crippen molar-refractivity contribution in [2.45, 2.75) is 18.1 Å². The molecule has 160 valence electrons. The van der Waals surface area contributed by atoms with E-state index in [9.17, 15) is 14.0 Å². The zero-order valence-corrected chi connectivity index (χ0v) is 17.1. The van der Waals surface area contributed by atoms with Crippen LogP contribution in [0.3, 0.4) is 0 Å². The van der Waals surface area contributed by atoms with Crippen LogP contribution in [-0.2, 0) is 9.53 Å². The molecule has 0 aliphatic carbocycles. The minimum atomic E-state index is -0.808. The predicted octanol–water partition coefficient (Wildman–Crippen LogP) is 2.36. The topological polar surface area (TPSA) is 124 Å². The monoisotopic (exact) mass is 444 g/mol. The van der Waals surface area contributed by atoms with Gasteiger partial charge in [-0.15, -0.1) is 5.10 Å². The number of urea groups is 1. The van der Waals surface area contributed by atoms with Crippen molar-refractivity contribution in [1.29, 1.82) is 0 Å². The largest absolute Gasteiger partial charge is 0.467 e. The molecule has 2 N–H and O–H groups in total. The number of rotatable bonds is 7. The zero-order chi connectivity index (χ0) is 21.8. The highest BCUT2D eigenvalue weighted by Gasteiger charge is 2.35. The third-order valence-electron chi connectivity index (χ3n) is 4.32. The molecule has 1 aliphatic heterocycles. The normalized spacial score (nSPS) is 16.1. The van der Waals surface area contributed by atoms with Crippen LogP contribution in [-0.4, -0.2) is 44.6 Å². The number of hydrogen-bond donors (Lipinski definition) is 2. The van der Waals surface area contributed by atoms with Crippen molar-refractivity contribution in [3.8, 4) is 5.69 Å². The number of nitrogens with zero attached hydrogens (tertiary/aromatic N) is 4. The number of amides is 2. The van der Waals surface area contributed by atoms with Crippen LogP contribution in [0.15, 0.2) is 63.5 Å². The van der Waals surface area contributed by atoms with Gasteiger partial charge in [0.1, 0.15) is 17.6 Å². The Labute approximate surface area is 179 Å². The summed E-state index contributed by atoms with van der Waals surface area (Å²) in [5, 5.41) is 17.2. The summed E-state index contributed by atoms with van der Waals surface area (Å²) in [5.41, 5.74) is 0.992. The van der Waals surface area contributed by atoms with E-state index in [0.29, 0.717) is 22.3 Å². The Balaban J connectivity index is 1.65. The van der Waals surface area contributed by atoms with Crippen LogP contribution >= 0.6 is 11.8 Å². The molecule has 1 aliphatic rings. The highest BCUT2D eigenvalue weighted by atomic mass is 32.2. The van der Waals surface area contributed by atoms with Crippen molar-refractivity contribution >= 4 is 23.8 Å². The Kier molecular flexibility index (Phi) is 5.98. The van der Waals surface area contributed by atoms with Crippen LogP contribution < -0.4 is 10.6 Å². The lowest BCUT2D eigenvalue weighted by Gasteiger charge is -2.27. The number of benzene rings is 1. The Morgan fingerprint density at radius 1 is 1.35 bits per heavy atom. The molecule has 10 nitrogen and oxygen atoms in total. The lowest BCUT2D eigenvalue weighted by Crippen LogP contribution is -2.46. The van der Waals surface area contributed by atoms with Gasteiger partial charge in [-0.1, -0.05) is 17.8 Å². The molecule has 1 aromatic carbocycles. The Morgan fingerprint density at radius 3 is 2.97 bits per heavy atom. The van der Waals surface area contributed by atoms with E-state index in [0.717, 1.165) is 0 Å². The third kappa shape index (κ3) is 4.43. The summed E-state index contributed by atoms with van der Waals surface area (Å²) in [6.07, 6.45) is 1.45. The van der Waals surface area contributed by atoms with Crippen molar-refractivity contribution < 1.29 is 23.1 Å². The quantitative estimate of drug-likeness (QED) is 0.420. The molecule has 3 aromatic rings. The van der Waals surface area contributed by atoms with E-state index >= 15 is 0 Å². The van der Waals surface area contributed by atoms with Gasteiger partial charge in [-0.3, -0.25) is 0 Å². The summed E-state index contributed by atoms with van der Waals surface area (Å²) in [4.78, 5) is 24.9. The second-order valence-corrected chi connectivity index (χ2v) is 7.24. The minimum Gasteiger partial charge on any atom is -0.467 e. The van der Waals surface area contributed by atoms with Gasteiger partial charge in [0, 0.05) is 11.4 Å². The maximum Gasteiger partial charge on any atom is 0.338 e. The molecule has 0 bridgehead atoms. The van der Waals surface area contributed by atoms with Crippen LogP contribution in [0.1, 0.15) is 18.7 Å². The van der Waals surface area contributed by atoms with Gasteiger partial charge in [0.15, 0.2) is 0 Å². The summed E-state index contributed by atoms with van der Waals surface area (Å²) < 4.78 is 25.6. The predicted molar refractivity (Wildman–Crippen MR) is 107 cm³/mol. The molecule has 0 saturated heterocycles. The first kappa shape index (κ1) is 20.6. The number of hydrogen-bond acceptors (Lipinski definition) is 8. The summed E-state index contributed by atoms with van der Waals surface area (Å²) in [7, 11) is 0. The zero-order valence-electron chi connectivity index (χ0n) is 16.2. The number of thioether (sulfide) groups is 1. The molecule has 3 heterocycles. The number of esters is 1. The number of furan rings is 1. The SMILES string of the molecule is CCOC(=O)C1=C(CSc2nnnn2-c2cccc(F)c2)NC(=O)NC1c1ccco1. The molecular formula is C19H17FN6O4S. The number of carbonyl (C=O) groups excluding carboxylic acids is 2. The lowest BCUT2D eigenvalue weighted by atomic mass is 10.0. The van der Waals surface area contributed by atoms with Gasteiger partial charge in [0.05, 0.1) is 24.1 Å². The average molecular weight is 444 g/mol. The van der Waals surface area contributed by atoms with Crippen molar-refractivity contribution in [1.82, 2.24) is 30.8 Å². The number of halogens is 1. The highest BCUT2D eigenvalue weighted by Crippen LogP contribution is 2.30. The molecule has 31 heavy (non-hydrogen) atoms. The summed E-state index contributed by atoms with van der Waals surface area (Å²) in [6, 6.07) is 7.83. The number of ether oxygens (including phenoxy) is 1. The molecule has 2 aromatic heterocycles. The van der Waals surface area contributed by atoms with E-state index in [4.69, 9.17) is 9.15 Å². The van der Waals surface area contributed by atoms with E-state index in [2.05, 4.69) is 26.2 Å². The third-order valence-corrected chi connectivity index (χ3v) is 5.26. The maximum atomic E-state index is 13.6. The van der Waals surface area contributed by atoms with Gasteiger partial charge in [0.2, 0.25) is 5.16 Å². The molecular weight excluding hydrogens is 427 g/mol. The minimum absolute atomic E-state index is 0.147. The Bertz CT molecular complexity index is 1130. The second-order valence-electron chi connectivity index (χ2n) is 6.30. The Morgan fingerprint density at radius 2 is 2.23 bits per heavy atom. The first-order valence-electron chi connectivity index (χ1n) is 9.25. The van der Waals surface area contributed by atoms with Crippen LogP contribution in [0.4, 0.5) is 9.18 Å². The first-order valence-corrected chi connectivity index (χ1v) is 10.2. The van der Waals surface area contributed by atoms with E-state index in [1.165, 1.54) is 34.8 Å². The van der Waals surface area contributed by atoms with Crippen molar-refractivity contribution in [2.24, 2.45) is 0 Å². The summed E-state index contributed by atoms with van der Waals surface area (Å²) in [5.74, 6) is -0.473. The molecule has 1 atom stereocenters. The van der Waals surface area contributed by atoms with E-state index in [-0.39, 0.29) is 17.9 Å². The molecule has 1 unspecified atom stereocenters. The standard InChI is InChI=1S/C19H17FN6O4S/c1-2-29-17(27)15-13(21-18(28)22-16(15)14-7-4-8-30-14)10-31-19-23-24-25-26(19)12-6-3-5-11(20)9-12/h3-9,16H,2,10H2,1H3,(H2,21,22,28). The van der Waals surface area contributed by atoms with Gasteiger partial charge < -0.3 is 19.8 Å². The molecule has 0 spiro atoms. The summed E-state index contributed by atoms with van der Waals surface area (Å²) >= 11 is 1.17. The van der Waals surface area contributed by atoms with Crippen molar-refractivity contribution in [3.63, 3.8) is 0 Å². The van der Waals surface area contributed by atoms with Gasteiger partial charge in [0.25, 0.3) is 0 Å². The highest BCUT2D eigenvalue weighted by molar-refractivity contribution is 7.99. The molecule has 0 fully saturated rings. The van der Waals surface area contributed by atoms with Crippen LogP contribution in [0.5, 0.6) is 0 Å². The van der Waals surface area contributed by atoms with Gasteiger partial charge >= 0.3 is 12.0 Å². The van der Waals surface area contributed by atoms with E-state index in [1.807, 2.05) is 0 Å². The second kappa shape index (κ2) is 9.00. The maximum absolute atomic E-state index is 13.6. The van der Waals surface area contributed by atoms with E-state index in [1.54, 1.807) is 31.2 Å². The van der Waals surface area contributed by atoms with Gasteiger partial charge in [-0.2, -0.15) is 4.68 Å². The molecule has 0 radical (unpaired) electrons. The molecule has 12 heteroatoms. The number of aromatic nitrogens is 4. The molecule has 0 saturated carbocycles. The number of nitrogens with one attached hydrogen (secondary N) is 2. The fraction of sp³-hybridized carbons (Fsp3) is 0.211. The molecule has 2 amide bonds. The summed E-state index contributed by atoms with van der Waals surface area (Å²) in [6.45, 7) is 1.86. The number of carbonyl (C=O) groups is 2. The first-order chi connectivity index (χ1) is 15.1. The smallest absolute Gasteiger partial charge is 0.338 e.